The highest BCUT2D eigenvalue weighted by Crippen LogP contribution is 2.39. The summed E-state index contributed by atoms with van der Waals surface area (Å²) in [5.74, 6) is 1.47. The molecule has 0 saturated carbocycles. The third-order valence-electron chi connectivity index (χ3n) is 8.52. The molecule has 0 aliphatic heterocycles. The molecular weight excluding hydrogens is 619 g/mol. The first-order chi connectivity index (χ1) is 23.9. The van der Waals surface area contributed by atoms with Crippen molar-refractivity contribution in [1.29, 1.82) is 5.26 Å². The quantitative estimate of drug-likeness (QED) is 0.187. The van der Waals surface area contributed by atoms with Gasteiger partial charge in [-0.2, -0.15) is 18.4 Å². The molecule has 8 heteroatoms. The highest BCUT2D eigenvalue weighted by Gasteiger charge is 2.30. The monoisotopic (exact) mass is 643 g/mol. The molecule has 0 unspecified atom stereocenters. The minimum absolute atomic E-state index is 0.445. The molecule has 0 bridgehead atoms. The number of aromatic nitrogens is 4. The van der Waals surface area contributed by atoms with Crippen LogP contribution in [0.2, 0.25) is 0 Å². The van der Waals surface area contributed by atoms with Crippen molar-refractivity contribution in [2.24, 2.45) is 0 Å². The zero-order chi connectivity index (χ0) is 33.5. The summed E-state index contributed by atoms with van der Waals surface area (Å²) in [5.41, 5.74) is 5.94. The van der Waals surface area contributed by atoms with Crippen molar-refractivity contribution in [3.8, 4) is 57.0 Å². The molecule has 0 saturated heterocycles. The van der Waals surface area contributed by atoms with E-state index in [0.717, 1.165) is 50.8 Å². The molecule has 5 nitrogen and oxygen atoms in total. The van der Waals surface area contributed by atoms with Crippen LogP contribution in [-0.4, -0.2) is 19.5 Å². The summed E-state index contributed by atoms with van der Waals surface area (Å²) >= 11 is 0. The molecular formula is C41H24F3N5. The Balaban J connectivity index is 1.41. The number of benzene rings is 6. The fraction of sp³-hybridized carbons (Fsp3) is 0.0244. The molecule has 234 valence electrons. The lowest BCUT2D eigenvalue weighted by Crippen LogP contribution is -2.04. The topological polar surface area (TPSA) is 67.4 Å². The van der Waals surface area contributed by atoms with Crippen LogP contribution in [0.15, 0.2) is 146 Å². The lowest BCUT2D eigenvalue weighted by molar-refractivity contribution is -0.137. The van der Waals surface area contributed by atoms with Crippen LogP contribution in [-0.2, 0) is 6.18 Å². The maximum Gasteiger partial charge on any atom is 0.416 e. The minimum Gasteiger partial charge on any atom is -0.309 e. The third-order valence-corrected chi connectivity index (χ3v) is 8.52. The van der Waals surface area contributed by atoms with Gasteiger partial charge in [0.1, 0.15) is 0 Å². The lowest BCUT2D eigenvalue weighted by Gasteiger charge is -2.17. The number of para-hydroxylation sites is 1. The molecule has 0 fully saturated rings. The number of nitrogens with zero attached hydrogens (tertiary/aromatic N) is 5. The Kier molecular flexibility index (Phi) is 7.23. The Morgan fingerprint density at radius 3 is 1.67 bits per heavy atom. The van der Waals surface area contributed by atoms with Gasteiger partial charge < -0.3 is 4.57 Å². The molecule has 0 aliphatic carbocycles. The number of alkyl halides is 3. The molecule has 2 heterocycles. The molecule has 0 N–H and O–H groups in total. The van der Waals surface area contributed by atoms with Crippen LogP contribution >= 0.6 is 0 Å². The van der Waals surface area contributed by atoms with Crippen molar-refractivity contribution in [3.05, 3.63) is 157 Å². The predicted molar refractivity (Wildman–Crippen MR) is 186 cm³/mol. The zero-order valence-corrected chi connectivity index (χ0v) is 25.7. The standard InChI is InChI=1S/C41H24F3N5/c42-41(43,44)31-19-16-27(17-20-31)32-21-18-30(24-37(32)49-35-14-8-7-13-33(35)34-23-26(25-45)15-22-36(34)49)40-47-38(28-9-3-1-4-10-28)46-39(48-40)29-11-5-2-6-12-29/h1-24H. The van der Waals surface area contributed by atoms with Crippen molar-refractivity contribution >= 4 is 21.8 Å². The van der Waals surface area contributed by atoms with Gasteiger partial charge in [-0.3, -0.25) is 0 Å². The Hall–Kier alpha value is -6.59. The van der Waals surface area contributed by atoms with Crippen LogP contribution < -0.4 is 0 Å². The first kappa shape index (κ1) is 29.8. The van der Waals surface area contributed by atoms with E-state index in [1.807, 2.05) is 115 Å². The minimum atomic E-state index is -4.46. The molecule has 8 aromatic rings. The van der Waals surface area contributed by atoms with Gasteiger partial charge in [-0.1, -0.05) is 103 Å². The van der Waals surface area contributed by atoms with Crippen LogP contribution in [0.1, 0.15) is 11.1 Å². The average Bonchev–Trinajstić information content (AvgIpc) is 3.48. The molecule has 0 aliphatic rings. The van der Waals surface area contributed by atoms with Gasteiger partial charge in [0, 0.05) is 33.0 Å². The summed E-state index contributed by atoms with van der Waals surface area (Å²) in [7, 11) is 0. The largest absolute Gasteiger partial charge is 0.416 e. The summed E-state index contributed by atoms with van der Waals surface area (Å²) in [4.78, 5) is 14.7. The number of nitriles is 1. The van der Waals surface area contributed by atoms with Crippen molar-refractivity contribution in [2.75, 3.05) is 0 Å². The molecule has 0 spiro atoms. The maximum absolute atomic E-state index is 13.5. The van der Waals surface area contributed by atoms with Crippen LogP contribution in [0.3, 0.4) is 0 Å². The molecule has 8 rings (SSSR count). The first-order valence-corrected chi connectivity index (χ1v) is 15.5. The van der Waals surface area contributed by atoms with Crippen LogP contribution in [0.5, 0.6) is 0 Å². The Labute approximate surface area is 279 Å². The van der Waals surface area contributed by atoms with E-state index in [1.165, 1.54) is 12.1 Å². The van der Waals surface area contributed by atoms with Crippen LogP contribution in [0.25, 0.3) is 72.8 Å². The van der Waals surface area contributed by atoms with E-state index < -0.39 is 11.7 Å². The van der Waals surface area contributed by atoms with E-state index in [-0.39, 0.29) is 0 Å². The zero-order valence-electron chi connectivity index (χ0n) is 25.7. The molecule has 0 amide bonds. The first-order valence-electron chi connectivity index (χ1n) is 15.5. The number of halogens is 3. The predicted octanol–water partition coefficient (Wildman–Crippen LogP) is 10.5. The summed E-state index contributed by atoms with van der Waals surface area (Å²) < 4.78 is 42.7. The van der Waals surface area contributed by atoms with Gasteiger partial charge in [-0.05, 0) is 48.0 Å². The fourth-order valence-electron chi connectivity index (χ4n) is 6.18. The summed E-state index contributed by atoms with van der Waals surface area (Å²) in [5, 5.41) is 11.5. The fourth-order valence-corrected chi connectivity index (χ4v) is 6.18. The van der Waals surface area contributed by atoms with Crippen molar-refractivity contribution in [2.45, 2.75) is 6.18 Å². The Morgan fingerprint density at radius 2 is 1.06 bits per heavy atom. The van der Waals surface area contributed by atoms with E-state index in [4.69, 9.17) is 15.0 Å². The van der Waals surface area contributed by atoms with E-state index in [0.29, 0.717) is 39.7 Å². The molecule has 0 radical (unpaired) electrons. The van der Waals surface area contributed by atoms with Gasteiger partial charge in [0.05, 0.1) is 33.9 Å². The lowest BCUT2D eigenvalue weighted by atomic mass is 9.99. The average molecular weight is 644 g/mol. The summed E-state index contributed by atoms with van der Waals surface area (Å²) in [6.07, 6.45) is -4.46. The number of hydrogen-bond donors (Lipinski definition) is 0. The van der Waals surface area contributed by atoms with Gasteiger partial charge in [0.15, 0.2) is 17.5 Å². The molecule has 2 aromatic heterocycles. The van der Waals surface area contributed by atoms with E-state index >= 15 is 0 Å². The summed E-state index contributed by atoms with van der Waals surface area (Å²) in [6.45, 7) is 0. The third kappa shape index (κ3) is 5.47. The van der Waals surface area contributed by atoms with Gasteiger partial charge >= 0.3 is 6.18 Å². The second kappa shape index (κ2) is 11.9. The maximum atomic E-state index is 13.5. The van der Waals surface area contributed by atoms with E-state index in [2.05, 4.69) is 10.6 Å². The Bertz CT molecular complexity index is 2480. The number of rotatable bonds is 5. The van der Waals surface area contributed by atoms with E-state index in [9.17, 15) is 18.4 Å². The smallest absolute Gasteiger partial charge is 0.309 e. The normalized spacial score (nSPS) is 11.6. The van der Waals surface area contributed by atoms with Gasteiger partial charge in [0.2, 0.25) is 0 Å². The molecule has 49 heavy (non-hydrogen) atoms. The SMILES string of the molecule is N#Cc1ccc2c(c1)c1ccccc1n2-c1cc(-c2nc(-c3ccccc3)nc(-c3ccccc3)n2)ccc1-c1ccc(C(F)(F)F)cc1. The van der Waals surface area contributed by atoms with Crippen molar-refractivity contribution < 1.29 is 13.2 Å². The number of fused-ring (bicyclic) bond motifs is 3. The summed E-state index contributed by atoms with van der Waals surface area (Å²) in [6, 6.07) is 45.9. The van der Waals surface area contributed by atoms with Crippen LogP contribution in [0, 0.1) is 11.3 Å². The Morgan fingerprint density at radius 1 is 0.510 bits per heavy atom. The second-order valence-corrected chi connectivity index (χ2v) is 11.5. The van der Waals surface area contributed by atoms with Crippen molar-refractivity contribution in [1.82, 2.24) is 19.5 Å². The second-order valence-electron chi connectivity index (χ2n) is 11.5. The van der Waals surface area contributed by atoms with Gasteiger partial charge in [-0.15, -0.1) is 0 Å². The molecule has 6 aromatic carbocycles. The molecule has 0 atom stereocenters. The van der Waals surface area contributed by atoms with E-state index in [1.54, 1.807) is 6.07 Å². The van der Waals surface area contributed by atoms with Crippen molar-refractivity contribution in [3.63, 3.8) is 0 Å². The number of hydrogen-bond acceptors (Lipinski definition) is 4. The van der Waals surface area contributed by atoms with Crippen LogP contribution in [0.4, 0.5) is 13.2 Å². The van der Waals surface area contributed by atoms with Gasteiger partial charge in [0.25, 0.3) is 0 Å². The van der Waals surface area contributed by atoms with Gasteiger partial charge in [-0.25, -0.2) is 15.0 Å². The highest BCUT2D eigenvalue weighted by atomic mass is 19.4. The highest BCUT2D eigenvalue weighted by molar-refractivity contribution is 6.10.